The zero-order valence-electron chi connectivity index (χ0n) is 13.0. The van der Waals surface area contributed by atoms with E-state index in [1.807, 2.05) is 18.2 Å². The molecule has 2 heterocycles. The van der Waals surface area contributed by atoms with Crippen molar-refractivity contribution < 1.29 is 19.3 Å². The van der Waals surface area contributed by atoms with E-state index >= 15 is 0 Å². The molecule has 1 saturated heterocycles. The number of aliphatic hydroxyl groups excluding tert-OH is 1. The fraction of sp³-hybridized carbons (Fsp3) is 0.625. The van der Waals surface area contributed by atoms with Crippen molar-refractivity contribution in [2.24, 2.45) is 0 Å². The fourth-order valence-electron chi connectivity index (χ4n) is 2.72. The minimum Gasteiger partial charge on any atom is -0.454 e. The number of rotatable bonds is 6. The van der Waals surface area contributed by atoms with Crippen LogP contribution in [0.1, 0.15) is 5.56 Å². The summed E-state index contributed by atoms with van der Waals surface area (Å²) < 4.78 is 16.2. The zero-order valence-corrected chi connectivity index (χ0v) is 13.0. The monoisotopic (exact) mass is 308 g/mol. The number of piperazine rings is 1. The van der Waals surface area contributed by atoms with Crippen LogP contribution in [-0.4, -0.2) is 74.2 Å². The van der Waals surface area contributed by atoms with Crippen LogP contribution in [-0.2, 0) is 11.3 Å². The van der Waals surface area contributed by atoms with E-state index in [1.165, 1.54) is 0 Å². The van der Waals surface area contributed by atoms with Crippen LogP contribution in [0.2, 0.25) is 0 Å². The number of aliphatic hydroxyl groups is 1. The van der Waals surface area contributed by atoms with E-state index in [1.54, 1.807) is 0 Å². The number of β-amino-alcohol motifs (C(OH)–C–C–N with tert-alkyl or cyclic N) is 1. The molecule has 3 rings (SSSR count). The summed E-state index contributed by atoms with van der Waals surface area (Å²) in [6.07, 6.45) is -0.447. The smallest absolute Gasteiger partial charge is 0.231 e. The lowest BCUT2D eigenvalue weighted by Crippen LogP contribution is -2.47. The Labute approximate surface area is 131 Å². The summed E-state index contributed by atoms with van der Waals surface area (Å²) in [4.78, 5) is 4.59. The lowest BCUT2D eigenvalue weighted by atomic mass is 10.2. The molecule has 1 N–H and O–H groups in total. The van der Waals surface area contributed by atoms with E-state index < -0.39 is 6.10 Å². The van der Waals surface area contributed by atoms with Gasteiger partial charge in [-0.3, -0.25) is 4.90 Å². The summed E-state index contributed by atoms with van der Waals surface area (Å²) in [6.45, 7) is 5.91. The average Bonchev–Trinajstić information content (AvgIpc) is 2.97. The molecule has 0 amide bonds. The summed E-state index contributed by atoms with van der Waals surface area (Å²) >= 11 is 0. The molecule has 122 valence electrons. The highest BCUT2D eigenvalue weighted by Crippen LogP contribution is 2.32. The van der Waals surface area contributed by atoms with Crippen molar-refractivity contribution >= 4 is 0 Å². The molecule has 2 aliphatic heterocycles. The number of likely N-dealkylation sites (N-methyl/N-ethyl adjacent to an activating group) is 1. The van der Waals surface area contributed by atoms with Gasteiger partial charge in [0.1, 0.15) is 0 Å². The Bertz CT molecular complexity index is 489. The minimum atomic E-state index is -0.447. The van der Waals surface area contributed by atoms with Gasteiger partial charge in [-0.15, -0.1) is 0 Å². The largest absolute Gasteiger partial charge is 0.454 e. The molecular formula is C16H24N2O4. The van der Waals surface area contributed by atoms with E-state index in [0.717, 1.165) is 43.2 Å². The second-order valence-corrected chi connectivity index (χ2v) is 5.96. The van der Waals surface area contributed by atoms with Crippen molar-refractivity contribution in [2.75, 3.05) is 53.2 Å². The van der Waals surface area contributed by atoms with Crippen LogP contribution in [0.15, 0.2) is 18.2 Å². The van der Waals surface area contributed by atoms with Crippen molar-refractivity contribution in [1.82, 2.24) is 9.80 Å². The van der Waals surface area contributed by atoms with Crippen molar-refractivity contribution in [3.05, 3.63) is 23.8 Å². The normalized spacial score (nSPS) is 20.3. The summed E-state index contributed by atoms with van der Waals surface area (Å²) in [5, 5.41) is 10.1. The van der Waals surface area contributed by atoms with Gasteiger partial charge in [0.05, 0.1) is 19.3 Å². The van der Waals surface area contributed by atoms with Gasteiger partial charge in [-0.05, 0) is 24.7 Å². The maximum atomic E-state index is 10.1. The van der Waals surface area contributed by atoms with Crippen LogP contribution < -0.4 is 9.47 Å². The molecule has 1 aromatic rings. The Morgan fingerprint density at radius 1 is 1.18 bits per heavy atom. The third-order valence-electron chi connectivity index (χ3n) is 4.08. The van der Waals surface area contributed by atoms with Crippen molar-refractivity contribution in [2.45, 2.75) is 12.7 Å². The molecule has 1 fully saturated rings. The molecule has 1 aromatic carbocycles. The third kappa shape index (κ3) is 4.10. The van der Waals surface area contributed by atoms with E-state index in [4.69, 9.17) is 14.2 Å². The van der Waals surface area contributed by atoms with Crippen LogP contribution in [0, 0.1) is 0 Å². The fourth-order valence-corrected chi connectivity index (χ4v) is 2.72. The Morgan fingerprint density at radius 3 is 2.77 bits per heavy atom. The van der Waals surface area contributed by atoms with Gasteiger partial charge in [-0.25, -0.2) is 0 Å². The second kappa shape index (κ2) is 7.28. The van der Waals surface area contributed by atoms with Crippen molar-refractivity contribution in [3.63, 3.8) is 0 Å². The van der Waals surface area contributed by atoms with Crippen LogP contribution >= 0.6 is 0 Å². The lowest BCUT2D eigenvalue weighted by molar-refractivity contribution is 0.00294. The maximum Gasteiger partial charge on any atom is 0.231 e. The first-order valence-electron chi connectivity index (χ1n) is 7.76. The standard InChI is InChI=1S/C16H24N2O4/c1-17-4-6-18(7-5-17)9-14(19)11-20-10-13-2-3-15-16(8-13)22-12-21-15/h2-3,8,14,19H,4-7,9-12H2,1H3/t14-/m0/s1. The predicted molar refractivity (Wildman–Crippen MR) is 82.2 cm³/mol. The van der Waals surface area contributed by atoms with Gasteiger partial charge in [-0.2, -0.15) is 0 Å². The van der Waals surface area contributed by atoms with Gasteiger partial charge in [-0.1, -0.05) is 6.07 Å². The highest BCUT2D eigenvalue weighted by Gasteiger charge is 2.17. The van der Waals surface area contributed by atoms with Gasteiger partial charge in [0.15, 0.2) is 11.5 Å². The van der Waals surface area contributed by atoms with E-state index in [-0.39, 0.29) is 6.79 Å². The molecule has 0 saturated carbocycles. The predicted octanol–water partition coefficient (Wildman–Crippen LogP) is 0.540. The number of hydrogen-bond donors (Lipinski definition) is 1. The van der Waals surface area contributed by atoms with Crippen LogP contribution in [0.5, 0.6) is 11.5 Å². The average molecular weight is 308 g/mol. The number of ether oxygens (including phenoxy) is 3. The molecule has 1 atom stereocenters. The molecule has 0 aliphatic carbocycles. The van der Waals surface area contributed by atoms with Crippen LogP contribution in [0.3, 0.4) is 0 Å². The second-order valence-electron chi connectivity index (χ2n) is 5.96. The molecule has 22 heavy (non-hydrogen) atoms. The quantitative estimate of drug-likeness (QED) is 0.828. The summed E-state index contributed by atoms with van der Waals surface area (Å²) in [5.74, 6) is 1.54. The first kappa shape index (κ1) is 15.6. The highest BCUT2D eigenvalue weighted by molar-refractivity contribution is 5.44. The van der Waals surface area contributed by atoms with E-state index in [0.29, 0.717) is 19.8 Å². The molecule has 0 spiro atoms. The third-order valence-corrected chi connectivity index (χ3v) is 4.08. The summed E-state index contributed by atoms with van der Waals surface area (Å²) in [5.41, 5.74) is 1.02. The Hall–Kier alpha value is -1.34. The lowest BCUT2D eigenvalue weighted by Gasteiger charge is -2.33. The van der Waals surface area contributed by atoms with Gasteiger partial charge >= 0.3 is 0 Å². The SMILES string of the molecule is CN1CCN(C[C@H](O)COCc2ccc3c(c2)OCO3)CC1. The van der Waals surface area contributed by atoms with Crippen molar-refractivity contribution in [3.8, 4) is 11.5 Å². The number of hydrogen-bond acceptors (Lipinski definition) is 6. The Balaban J connectivity index is 1.37. The molecular weight excluding hydrogens is 284 g/mol. The van der Waals surface area contributed by atoms with Crippen molar-refractivity contribution in [1.29, 1.82) is 0 Å². The maximum absolute atomic E-state index is 10.1. The molecule has 6 nitrogen and oxygen atoms in total. The Morgan fingerprint density at radius 2 is 1.95 bits per heavy atom. The zero-order chi connectivity index (χ0) is 15.4. The molecule has 0 bridgehead atoms. The summed E-state index contributed by atoms with van der Waals surface area (Å²) in [7, 11) is 2.13. The van der Waals surface area contributed by atoms with Crippen LogP contribution in [0.25, 0.3) is 0 Å². The first-order chi connectivity index (χ1) is 10.7. The molecule has 0 radical (unpaired) electrons. The number of nitrogens with zero attached hydrogens (tertiary/aromatic N) is 2. The first-order valence-corrected chi connectivity index (χ1v) is 7.76. The van der Waals surface area contributed by atoms with Gasteiger partial charge in [0, 0.05) is 32.7 Å². The van der Waals surface area contributed by atoms with Gasteiger partial charge in [0.2, 0.25) is 6.79 Å². The molecule has 0 aromatic heterocycles. The minimum absolute atomic E-state index is 0.281. The summed E-state index contributed by atoms with van der Waals surface area (Å²) in [6, 6.07) is 5.78. The van der Waals surface area contributed by atoms with E-state index in [9.17, 15) is 5.11 Å². The molecule has 2 aliphatic rings. The molecule has 0 unspecified atom stereocenters. The number of benzene rings is 1. The van der Waals surface area contributed by atoms with E-state index in [2.05, 4.69) is 16.8 Å². The van der Waals surface area contributed by atoms with Crippen LogP contribution in [0.4, 0.5) is 0 Å². The molecule has 6 heteroatoms. The highest BCUT2D eigenvalue weighted by atomic mass is 16.7. The van der Waals surface area contributed by atoms with Gasteiger partial charge in [0.25, 0.3) is 0 Å². The number of fused-ring (bicyclic) bond motifs is 1. The Kier molecular flexibility index (Phi) is 5.15. The van der Waals surface area contributed by atoms with Gasteiger partial charge < -0.3 is 24.2 Å². The topological polar surface area (TPSA) is 54.4 Å².